The molecule has 1 fully saturated rings. The molecule has 20 heavy (non-hydrogen) atoms. The van der Waals surface area contributed by atoms with Gasteiger partial charge in [0.15, 0.2) is 0 Å². The molecule has 2 heterocycles. The summed E-state index contributed by atoms with van der Waals surface area (Å²) in [6, 6.07) is 5.37. The highest BCUT2D eigenvalue weighted by atomic mass is 19.1. The molecule has 2 aliphatic heterocycles. The quantitative estimate of drug-likeness (QED) is 0.917. The third kappa shape index (κ3) is 2.85. The minimum atomic E-state index is -0.215. The molecule has 1 unspecified atom stereocenters. The van der Waals surface area contributed by atoms with Crippen molar-refractivity contribution in [2.75, 3.05) is 18.0 Å². The Labute approximate surface area is 119 Å². The Bertz CT molecular complexity index is 497. The minimum Gasteiger partial charge on any atom is -0.314 e. The van der Waals surface area contributed by atoms with E-state index in [2.05, 4.69) is 5.32 Å². The van der Waals surface area contributed by atoms with Crippen LogP contribution in [0.15, 0.2) is 18.2 Å². The van der Waals surface area contributed by atoms with E-state index in [1.54, 1.807) is 12.1 Å². The predicted octanol–water partition coefficient (Wildman–Crippen LogP) is 2.64. The molecule has 0 aliphatic carbocycles. The van der Waals surface area contributed by atoms with E-state index in [1.165, 1.54) is 18.9 Å². The van der Waals surface area contributed by atoms with Crippen molar-refractivity contribution >= 4 is 11.6 Å². The fourth-order valence-electron chi connectivity index (χ4n) is 3.27. The molecular formula is C16H21FN2O. The largest absolute Gasteiger partial charge is 0.314 e. The summed E-state index contributed by atoms with van der Waals surface area (Å²) in [5.41, 5.74) is 1.87. The molecule has 0 aromatic heterocycles. The van der Waals surface area contributed by atoms with Gasteiger partial charge in [-0.1, -0.05) is 0 Å². The molecule has 0 saturated carbocycles. The lowest BCUT2D eigenvalue weighted by Gasteiger charge is -2.29. The van der Waals surface area contributed by atoms with Crippen molar-refractivity contribution in [1.82, 2.24) is 5.32 Å². The topological polar surface area (TPSA) is 32.3 Å². The van der Waals surface area contributed by atoms with Gasteiger partial charge in [-0.15, -0.1) is 0 Å². The second-order valence-corrected chi connectivity index (χ2v) is 5.75. The lowest BCUT2D eigenvalue weighted by Crippen LogP contribution is -2.36. The molecule has 1 N–H and O–H groups in total. The Morgan fingerprint density at radius 1 is 1.35 bits per heavy atom. The van der Waals surface area contributed by atoms with Gasteiger partial charge in [0.1, 0.15) is 5.82 Å². The number of rotatable bonds is 4. The summed E-state index contributed by atoms with van der Waals surface area (Å²) in [5.74, 6) is -0.0447. The molecule has 1 atom stereocenters. The van der Waals surface area contributed by atoms with E-state index in [9.17, 15) is 9.18 Å². The van der Waals surface area contributed by atoms with Crippen molar-refractivity contribution in [2.45, 2.75) is 44.6 Å². The molecule has 0 spiro atoms. The minimum absolute atomic E-state index is 0.170. The van der Waals surface area contributed by atoms with E-state index in [-0.39, 0.29) is 11.7 Å². The number of amides is 1. The van der Waals surface area contributed by atoms with Crippen LogP contribution in [0.1, 0.15) is 37.7 Å². The van der Waals surface area contributed by atoms with Gasteiger partial charge in [0.2, 0.25) is 5.91 Å². The van der Waals surface area contributed by atoms with Crippen LogP contribution in [0, 0.1) is 5.82 Å². The number of anilines is 1. The number of hydrogen-bond acceptors (Lipinski definition) is 2. The summed E-state index contributed by atoms with van der Waals surface area (Å²) < 4.78 is 13.3. The normalized spacial score (nSPS) is 22.1. The van der Waals surface area contributed by atoms with E-state index < -0.39 is 0 Å². The van der Waals surface area contributed by atoms with Gasteiger partial charge in [0.05, 0.1) is 0 Å². The van der Waals surface area contributed by atoms with Crippen LogP contribution in [0.2, 0.25) is 0 Å². The maximum Gasteiger partial charge on any atom is 0.227 e. The van der Waals surface area contributed by atoms with Gasteiger partial charge in [0.25, 0.3) is 0 Å². The van der Waals surface area contributed by atoms with Gasteiger partial charge in [-0.3, -0.25) is 4.79 Å². The number of halogens is 1. The fraction of sp³-hybridized carbons (Fsp3) is 0.562. The number of carbonyl (C=O) groups is 1. The highest BCUT2D eigenvalue weighted by molar-refractivity contribution is 5.96. The summed E-state index contributed by atoms with van der Waals surface area (Å²) in [7, 11) is 0. The van der Waals surface area contributed by atoms with Crippen molar-refractivity contribution in [1.29, 1.82) is 0 Å². The van der Waals surface area contributed by atoms with Crippen molar-refractivity contribution in [3.8, 4) is 0 Å². The first-order valence-electron chi connectivity index (χ1n) is 7.56. The number of aryl methyl sites for hydroxylation is 1. The molecule has 4 heteroatoms. The van der Waals surface area contributed by atoms with E-state index in [0.717, 1.165) is 37.2 Å². The third-order valence-electron chi connectivity index (χ3n) is 4.34. The van der Waals surface area contributed by atoms with Gasteiger partial charge in [-0.25, -0.2) is 4.39 Å². The Morgan fingerprint density at radius 2 is 2.25 bits per heavy atom. The first-order chi connectivity index (χ1) is 9.74. The molecular weight excluding hydrogens is 255 g/mol. The molecule has 108 valence electrons. The highest BCUT2D eigenvalue weighted by Crippen LogP contribution is 2.29. The van der Waals surface area contributed by atoms with Crippen LogP contribution >= 0.6 is 0 Å². The van der Waals surface area contributed by atoms with Crippen LogP contribution in [-0.4, -0.2) is 25.0 Å². The maximum absolute atomic E-state index is 13.3. The molecule has 3 rings (SSSR count). The molecule has 3 nitrogen and oxygen atoms in total. The first kappa shape index (κ1) is 13.6. The van der Waals surface area contributed by atoms with Crippen LogP contribution in [0.25, 0.3) is 0 Å². The summed E-state index contributed by atoms with van der Waals surface area (Å²) in [4.78, 5) is 13.9. The number of nitrogens with zero attached hydrogens (tertiary/aromatic N) is 1. The smallest absolute Gasteiger partial charge is 0.227 e. The van der Waals surface area contributed by atoms with Gasteiger partial charge >= 0.3 is 0 Å². The average Bonchev–Trinajstić information content (AvgIpc) is 2.94. The Hall–Kier alpha value is -1.42. The zero-order valence-electron chi connectivity index (χ0n) is 11.7. The van der Waals surface area contributed by atoms with E-state index in [4.69, 9.17) is 0 Å². The van der Waals surface area contributed by atoms with E-state index in [1.807, 2.05) is 4.90 Å². The number of benzene rings is 1. The van der Waals surface area contributed by atoms with E-state index >= 15 is 0 Å². The van der Waals surface area contributed by atoms with Gasteiger partial charge < -0.3 is 10.2 Å². The van der Waals surface area contributed by atoms with Crippen LogP contribution in [0.3, 0.4) is 0 Å². The summed E-state index contributed by atoms with van der Waals surface area (Å²) in [5, 5.41) is 3.48. The SMILES string of the molecule is O=C1CCc2cc(F)ccc2N1CCCC1CCCN1. The lowest BCUT2D eigenvalue weighted by molar-refractivity contribution is -0.118. The number of nitrogens with one attached hydrogen (secondary N) is 1. The third-order valence-corrected chi connectivity index (χ3v) is 4.34. The molecule has 1 saturated heterocycles. The van der Waals surface area contributed by atoms with Crippen LogP contribution in [0.4, 0.5) is 10.1 Å². The van der Waals surface area contributed by atoms with Crippen molar-refractivity contribution in [3.63, 3.8) is 0 Å². The molecule has 1 aromatic rings. The van der Waals surface area contributed by atoms with Gasteiger partial charge in [-0.2, -0.15) is 0 Å². The fourth-order valence-corrected chi connectivity index (χ4v) is 3.27. The Kier molecular flexibility index (Phi) is 4.01. The standard InChI is InChI=1S/C16H21FN2O/c17-13-6-7-15-12(11-13)5-8-16(20)19(15)10-2-4-14-3-1-9-18-14/h6-7,11,14,18H,1-5,8-10H2. The van der Waals surface area contributed by atoms with Crippen LogP contribution in [0.5, 0.6) is 0 Å². The number of hydrogen-bond donors (Lipinski definition) is 1. The maximum atomic E-state index is 13.3. The number of carbonyl (C=O) groups excluding carboxylic acids is 1. The predicted molar refractivity (Wildman–Crippen MR) is 77.3 cm³/mol. The zero-order valence-corrected chi connectivity index (χ0v) is 11.7. The highest BCUT2D eigenvalue weighted by Gasteiger charge is 2.24. The summed E-state index contributed by atoms with van der Waals surface area (Å²) >= 11 is 0. The molecule has 0 bridgehead atoms. The van der Waals surface area contributed by atoms with Crippen molar-refractivity contribution in [3.05, 3.63) is 29.6 Å². The average molecular weight is 276 g/mol. The molecule has 1 amide bonds. The molecule has 1 aromatic carbocycles. The second kappa shape index (κ2) is 5.92. The first-order valence-corrected chi connectivity index (χ1v) is 7.56. The summed E-state index contributed by atoms with van der Waals surface area (Å²) in [6.07, 6.45) is 5.77. The monoisotopic (exact) mass is 276 g/mol. The van der Waals surface area contributed by atoms with Crippen LogP contribution < -0.4 is 10.2 Å². The van der Waals surface area contributed by atoms with Crippen molar-refractivity contribution in [2.24, 2.45) is 0 Å². The zero-order chi connectivity index (χ0) is 13.9. The summed E-state index contributed by atoms with van der Waals surface area (Å²) in [6.45, 7) is 1.87. The van der Waals surface area contributed by atoms with E-state index in [0.29, 0.717) is 18.9 Å². The van der Waals surface area contributed by atoms with Crippen molar-refractivity contribution < 1.29 is 9.18 Å². The van der Waals surface area contributed by atoms with Gasteiger partial charge in [0, 0.05) is 24.7 Å². The Morgan fingerprint density at radius 3 is 3.05 bits per heavy atom. The molecule has 0 radical (unpaired) electrons. The van der Waals surface area contributed by atoms with Crippen LogP contribution in [-0.2, 0) is 11.2 Å². The number of fused-ring (bicyclic) bond motifs is 1. The second-order valence-electron chi connectivity index (χ2n) is 5.75. The Balaban J connectivity index is 1.64. The van der Waals surface area contributed by atoms with Gasteiger partial charge in [-0.05, 0) is 62.4 Å². The molecule has 2 aliphatic rings. The lowest BCUT2D eigenvalue weighted by atomic mass is 10.00.